The SMILES string of the molecule is COC(=O)c1c(-c2ccc([N+](=O)[O-])cc2F)noc1C. The standard InChI is InChI=1S/C12H9FN2O5/c1-6-10(12(16)19-2)11(14-20-6)8-4-3-7(15(17)18)5-9(8)13/h3-5H,1-2H3. The number of hydrogen-bond donors (Lipinski definition) is 0. The van der Waals surface area contributed by atoms with Gasteiger partial charge in [-0.05, 0) is 13.0 Å². The van der Waals surface area contributed by atoms with Gasteiger partial charge < -0.3 is 9.26 Å². The molecule has 104 valence electrons. The van der Waals surface area contributed by atoms with Gasteiger partial charge in [0.25, 0.3) is 5.69 Å². The largest absolute Gasteiger partial charge is 0.465 e. The number of nitro groups is 1. The van der Waals surface area contributed by atoms with Crippen molar-refractivity contribution in [2.24, 2.45) is 0 Å². The number of hydrogen-bond acceptors (Lipinski definition) is 6. The van der Waals surface area contributed by atoms with Crippen LogP contribution in [0.5, 0.6) is 0 Å². The van der Waals surface area contributed by atoms with Crippen LogP contribution >= 0.6 is 0 Å². The number of halogens is 1. The lowest BCUT2D eigenvalue weighted by molar-refractivity contribution is -0.385. The van der Waals surface area contributed by atoms with Gasteiger partial charge in [0.05, 0.1) is 18.1 Å². The molecule has 20 heavy (non-hydrogen) atoms. The minimum atomic E-state index is -0.877. The second-order valence-electron chi connectivity index (χ2n) is 3.88. The van der Waals surface area contributed by atoms with Crippen molar-refractivity contribution >= 4 is 11.7 Å². The van der Waals surface area contributed by atoms with Crippen LogP contribution in [0.4, 0.5) is 10.1 Å². The van der Waals surface area contributed by atoms with Crippen molar-refractivity contribution in [2.45, 2.75) is 6.92 Å². The summed E-state index contributed by atoms with van der Waals surface area (Å²) >= 11 is 0. The average molecular weight is 280 g/mol. The lowest BCUT2D eigenvalue weighted by atomic mass is 10.1. The van der Waals surface area contributed by atoms with Gasteiger partial charge in [0.15, 0.2) is 0 Å². The zero-order valence-corrected chi connectivity index (χ0v) is 10.5. The summed E-state index contributed by atoms with van der Waals surface area (Å²) in [6.45, 7) is 1.48. The molecule has 0 fully saturated rings. The molecule has 0 amide bonds. The van der Waals surface area contributed by atoms with Crippen LogP contribution in [-0.4, -0.2) is 23.2 Å². The maximum absolute atomic E-state index is 13.9. The number of rotatable bonds is 3. The van der Waals surface area contributed by atoms with Crippen molar-refractivity contribution in [1.82, 2.24) is 5.16 Å². The zero-order chi connectivity index (χ0) is 14.9. The third kappa shape index (κ3) is 2.22. The van der Waals surface area contributed by atoms with Crippen molar-refractivity contribution in [3.05, 3.63) is 45.5 Å². The summed E-state index contributed by atoms with van der Waals surface area (Å²) in [6, 6.07) is 3.03. The van der Waals surface area contributed by atoms with Gasteiger partial charge in [0, 0.05) is 11.6 Å². The molecule has 0 unspecified atom stereocenters. The Labute approximate surface area is 112 Å². The maximum Gasteiger partial charge on any atom is 0.343 e. The minimum Gasteiger partial charge on any atom is -0.465 e. The molecule has 0 aliphatic heterocycles. The lowest BCUT2D eigenvalue weighted by Gasteiger charge is -2.02. The second-order valence-corrected chi connectivity index (χ2v) is 3.88. The molecule has 0 saturated heterocycles. The number of ether oxygens (including phenoxy) is 1. The molecule has 1 heterocycles. The number of esters is 1. The summed E-state index contributed by atoms with van der Waals surface area (Å²) in [6.07, 6.45) is 0. The Morgan fingerprint density at radius 3 is 2.75 bits per heavy atom. The zero-order valence-electron chi connectivity index (χ0n) is 10.5. The van der Waals surface area contributed by atoms with Crippen LogP contribution in [0.2, 0.25) is 0 Å². The van der Waals surface area contributed by atoms with Crippen LogP contribution in [0.1, 0.15) is 16.1 Å². The first-order valence-electron chi connectivity index (χ1n) is 5.44. The van der Waals surface area contributed by atoms with Gasteiger partial charge in [0.2, 0.25) is 0 Å². The van der Waals surface area contributed by atoms with Gasteiger partial charge >= 0.3 is 5.97 Å². The molecule has 0 N–H and O–H groups in total. The number of carbonyl (C=O) groups is 1. The van der Waals surface area contributed by atoms with Crippen LogP contribution in [0.15, 0.2) is 22.7 Å². The number of aryl methyl sites for hydroxylation is 1. The van der Waals surface area contributed by atoms with Crippen LogP contribution < -0.4 is 0 Å². The van der Waals surface area contributed by atoms with Crippen molar-refractivity contribution < 1.29 is 23.4 Å². The van der Waals surface area contributed by atoms with Crippen molar-refractivity contribution in [2.75, 3.05) is 7.11 Å². The molecule has 7 nitrogen and oxygen atoms in total. The van der Waals surface area contributed by atoms with E-state index in [1.165, 1.54) is 14.0 Å². The van der Waals surface area contributed by atoms with E-state index in [1.54, 1.807) is 0 Å². The smallest absolute Gasteiger partial charge is 0.343 e. The minimum absolute atomic E-state index is 0.0137. The third-order valence-electron chi connectivity index (χ3n) is 2.67. The van der Waals surface area contributed by atoms with Crippen molar-refractivity contribution in [3.63, 3.8) is 0 Å². The number of methoxy groups -OCH3 is 1. The summed E-state index contributed by atoms with van der Waals surface area (Å²) < 4.78 is 23.3. The molecule has 0 bridgehead atoms. The molecule has 0 aliphatic carbocycles. The summed E-state index contributed by atoms with van der Waals surface area (Å²) in [7, 11) is 1.17. The predicted octanol–water partition coefficient (Wildman–Crippen LogP) is 2.48. The summed E-state index contributed by atoms with van der Waals surface area (Å²) in [5.41, 5.74) is -0.541. The van der Waals surface area contributed by atoms with Gasteiger partial charge in [-0.2, -0.15) is 0 Å². The molecule has 0 saturated carbocycles. The monoisotopic (exact) mass is 280 g/mol. The third-order valence-corrected chi connectivity index (χ3v) is 2.67. The molecule has 0 radical (unpaired) electrons. The van der Waals surface area contributed by atoms with E-state index in [4.69, 9.17) is 4.52 Å². The quantitative estimate of drug-likeness (QED) is 0.487. The van der Waals surface area contributed by atoms with Crippen LogP contribution in [0.3, 0.4) is 0 Å². The second kappa shape index (κ2) is 5.08. The number of nitrogens with zero attached hydrogens (tertiary/aromatic N) is 2. The van der Waals surface area contributed by atoms with E-state index in [0.29, 0.717) is 0 Å². The van der Waals surface area contributed by atoms with Crippen LogP contribution in [0.25, 0.3) is 11.3 Å². The maximum atomic E-state index is 13.9. The van der Waals surface area contributed by atoms with E-state index in [1.807, 2.05) is 0 Å². The van der Waals surface area contributed by atoms with Crippen molar-refractivity contribution in [3.8, 4) is 11.3 Å². The fourth-order valence-corrected chi connectivity index (χ4v) is 1.71. The van der Waals surface area contributed by atoms with E-state index in [0.717, 1.165) is 18.2 Å². The van der Waals surface area contributed by atoms with E-state index in [2.05, 4.69) is 9.89 Å². The highest BCUT2D eigenvalue weighted by Gasteiger charge is 2.25. The predicted molar refractivity (Wildman–Crippen MR) is 64.6 cm³/mol. The Bertz CT molecular complexity index is 695. The van der Waals surface area contributed by atoms with Gasteiger partial charge in [-0.15, -0.1) is 0 Å². The fourth-order valence-electron chi connectivity index (χ4n) is 1.71. The van der Waals surface area contributed by atoms with Gasteiger partial charge in [0.1, 0.15) is 22.8 Å². The van der Waals surface area contributed by atoms with Crippen molar-refractivity contribution in [1.29, 1.82) is 0 Å². The number of aromatic nitrogens is 1. The van der Waals surface area contributed by atoms with E-state index in [-0.39, 0.29) is 22.6 Å². The fraction of sp³-hybridized carbons (Fsp3) is 0.167. The lowest BCUT2D eigenvalue weighted by Crippen LogP contribution is -2.04. The Hall–Kier alpha value is -2.77. The normalized spacial score (nSPS) is 10.3. The summed E-state index contributed by atoms with van der Waals surface area (Å²) in [5.74, 6) is -1.43. The molecule has 2 rings (SSSR count). The summed E-state index contributed by atoms with van der Waals surface area (Å²) in [5, 5.41) is 14.2. The molecular weight excluding hydrogens is 271 g/mol. The van der Waals surface area contributed by atoms with Gasteiger partial charge in [-0.1, -0.05) is 5.16 Å². The molecule has 8 heteroatoms. The number of non-ortho nitro benzene ring substituents is 1. The Balaban J connectivity index is 2.58. The molecule has 0 atom stereocenters. The number of nitro benzene ring substituents is 1. The Morgan fingerprint density at radius 1 is 1.50 bits per heavy atom. The first-order chi connectivity index (χ1) is 9.45. The van der Waals surface area contributed by atoms with E-state index >= 15 is 0 Å². The first-order valence-corrected chi connectivity index (χ1v) is 5.44. The van der Waals surface area contributed by atoms with Crippen LogP contribution in [0, 0.1) is 22.9 Å². The molecular formula is C12H9FN2O5. The number of carbonyl (C=O) groups excluding carboxylic acids is 1. The number of benzene rings is 1. The molecule has 1 aromatic heterocycles. The molecule has 2 aromatic rings. The van der Waals surface area contributed by atoms with E-state index < -0.39 is 22.4 Å². The first kappa shape index (κ1) is 13.7. The average Bonchev–Trinajstić information content (AvgIpc) is 2.79. The van der Waals surface area contributed by atoms with Gasteiger partial charge in [-0.25, -0.2) is 9.18 Å². The highest BCUT2D eigenvalue weighted by Crippen LogP contribution is 2.30. The highest BCUT2D eigenvalue weighted by molar-refractivity contribution is 5.97. The molecule has 1 aromatic carbocycles. The van der Waals surface area contributed by atoms with Gasteiger partial charge in [-0.3, -0.25) is 10.1 Å². The highest BCUT2D eigenvalue weighted by atomic mass is 19.1. The Morgan fingerprint density at radius 2 is 2.20 bits per heavy atom. The Kier molecular flexibility index (Phi) is 3.47. The molecule has 0 spiro atoms. The van der Waals surface area contributed by atoms with E-state index in [9.17, 15) is 19.3 Å². The summed E-state index contributed by atoms with van der Waals surface area (Å²) in [4.78, 5) is 21.5. The van der Waals surface area contributed by atoms with Crippen LogP contribution in [-0.2, 0) is 4.74 Å². The topological polar surface area (TPSA) is 95.5 Å². The molecule has 0 aliphatic rings.